The number of benzene rings is 1. The molecule has 1 aromatic heterocycles. The van der Waals surface area contributed by atoms with E-state index in [0.29, 0.717) is 0 Å². The third-order valence-corrected chi connectivity index (χ3v) is 2.92. The molecule has 1 heterocycles. The summed E-state index contributed by atoms with van der Waals surface area (Å²) in [6.45, 7) is 0. The van der Waals surface area contributed by atoms with Gasteiger partial charge in [-0.2, -0.15) is 0 Å². The Kier molecular flexibility index (Phi) is 1.30. The summed E-state index contributed by atoms with van der Waals surface area (Å²) in [5, 5.41) is 1.35. The van der Waals surface area contributed by atoms with Gasteiger partial charge in [-0.3, -0.25) is 0 Å². The lowest BCUT2D eigenvalue weighted by Gasteiger charge is -1.98. The number of rotatable bonds is 0. The van der Waals surface area contributed by atoms with Gasteiger partial charge in [0, 0.05) is 22.6 Å². The minimum atomic E-state index is 0.224. The lowest BCUT2D eigenvalue weighted by Crippen LogP contribution is -2.05. The van der Waals surface area contributed by atoms with Crippen molar-refractivity contribution >= 4 is 10.9 Å². The Balaban J connectivity index is 2.38. The molecule has 3 N–H and O–H groups in total. The van der Waals surface area contributed by atoms with Gasteiger partial charge < -0.3 is 10.7 Å². The van der Waals surface area contributed by atoms with Crippen LogP contribution < -0.4 is 5.73 Å². The zero-order chi connectivity index (χ0) is 8.84. The number of aromatic amines is 1. The van der Waals surface area contributed by atoms with Gasteiger partial charge in [-0.15, -0.1) is 0 Å². The van der Waals surface area contributed by atoms with E-state index in [0.717, 1.165) is 12.8 Å². The van der Waals surface area contributed by atoms with Crippen LogP contribution in [0.25, 0.3) is 10.9 Å². The van der Waals surface area contributed by atoms with Crippen LogP contribution in [-0.2, 0) is 6.42 Å². The first-order valence-electron chi connectivity index (χ1n) is 4.71. The summed E-state index contributed by atoms with van der Waals surface area (Å²) >= 11 is 0. The van der Waals surface area contributed by atoms with Crippen LogP contribution in [0.1, 0.15) is 23.7 Å². The Bertz CT molecular complexity index is 456. The molecular weight excluding hydrogens is 160 g/mol. The fraction of sp³-hybridized carbons (Fsp3) is 0.273. The Labute approximate surface area is 76.8 Å². The normalized spacial score (nSPS) is 20.8. The number of aromatic nitrogens is 1. The predicted molar refractivity (Wildman–Crippen MR) is 53.5 cm³/mol. The average molecular weight is 172 g/mol. The predicted octanol–water partition coefficient (Wildman–Crippen LogP) is 2.11. The number of para-hydroxylation sites is 1. The SMILES string of the molecule is N[C@@H]1CCc2c1[nH]c1ccccc21. The van der Waals surface area contributed by atoms with Gasteiger partial charge in [0.25, 0.3) is 0 Å². The molecular formula is C11H12N2. The number of nitrogens with two attached hydrogens (primary N) is 1. The maximum absolute atomic E-state index is 5.98. The second kappa shape index (κ2) is 2.36. The molecule has 0 unspecified atom stereocenters. The molecule has 0 aliphatic heterocycles. The highest BCUT2D eigenvalue weighted by Gasteiger charge is 2.22. The zero-order valence-electron chi connectivity index (χ0n) is 7.38. The molecule has 0 fully saturated rings. The van der Waals surface area contributed by atoms with Gasteiger partial charge in [0.1, 0.15) is 0 Å². The Hall–Kier alpha value is -1.28. The number of H-pyrrole nitrogens is 1. The van der Waals surface area contributed by atoms with Crippen LogP contribution in [0.15, 0.2) is 24.3 Å². The smallest absolute Gasteiger partial charge is 0.0459 e. The lowest BCUT2D eigenvalue weighted by atomic mass is 10.1. The standard InChI is InChI=1S/C11H12N2/c12-9-6-5-8-7-3-1-2-4-10(7)13-11(8)9/h1-4,9,13H,5-6,12H2/t9-/m1/s1. The Morgan fingerprint density at radius 1 is 1.31 bits per heavy atom. The van der Waals surface area contributed by atoms with Crippen molar-refractivity contribution in [1.82, 2.24) is 4.98 Å². The monoisotopic (exact) mass is 172 g/mol. The van der Waals surface area contributed by atoms with Crippen LogP contribution in [0, 0.1) is 0 Å². The number of fused-ring (bicyclic) bond motifs is 3. The van der Waals surface area contributed by atoms with E-state index >= 15 is 0 Å². The van der Waals surface area contributed by atoms with Gasteiger partial charge in [0.2, 0.25) is 0 Å². The molecule has 0 bridgehead atoms. The molecule has 1 aliphatic carbocycles. The summed E-state index contributed by atoms with van der Waals surface area (Å²) in [7, 11) is 0. The minimum absolute atomic E-state index is 0.224. The second-order valence-electron chi connectivity index (χ2n) is 3.71. The molecule has 0 saturated carbocycles. The van der Waals surface area contributed by atoms with E-state index in [9.17, 15) is 0 Å². The molecule has 66 valence electrons. The molecule has 1 atom stereocenters. The summed E-state index contributed by atoms with van der Waals surface area (Å²) in [6, 6.07) is 8.64. The number of hydrogen-bond donors (Lipinski definition) is 2. The van der Waals surface area contributed by atoms with Crippen LogP contribution >= 0.6 is 0 Å². The van der Waals surface area contributed by atoms with E-state index in [1.54, 1.807) is 0 Å². The first-order valence-corrected chi connectivity index (χ1v) is 4.71. The van der Waals surface area contributed by atoms with Crippen LogP contribution in [-0.4, -0.2) is 4.98 Å². The van der Waals surface area contributed by atoms with Gasteiger partial charge in [-0.1, -0.05) is 18.2 Å². The maximum Gasteiger partial charge on any atom is 0.0459 e. The third kappa shape index (κ3) is 0.864. The highest BCUT2D eigenvalue weighted by Crippen LogP contribution is 2.34. The van der Waals surface area contributed by atoms with Gasteiger partial charge in [0.05, 0.1) is 0 Å². The van der Waals surface area contributed by atoms with Crippen LogP contribution in [0.2, 0.25) is 0 Å². The van der Waals surface area contributed by atoms with Crippen molar-refractivity contribution in [3.8, 4) is 0 Å². The molecule has 2 heteroatoms. The fourth-order valence-corrected chi connectivity index (χ4v) is 2.25. The van der Waals surface area contributed by atoms with Crippen molar-refractivity contribution in [2.45, 2.75) is 18.9 Å². The van der Waals surface area contributed by atoms with Gasteiger partial charge in [-0.05, 0) is 24.5 Å². The number of aryl methyl sites for hydroxylation is 1. The van der Waals surface area contributed by atoms with Gasteiger partial charge in [-0.25, -0.2) is 0 Å². The molecule has 0 saturated heterocycles. The van der Waals surface area contributed by atoms with Crippen molar-refractivity contribution < 1.29 is 0 Å². The van der Waals surface area contributed by atoms with Crippen LogP contribution in [0.4, 0.5) is 0 Å². The molecule has 0 radical (unpaired) electrons. The summed E-state index contributed by atoms with van der Waals surface area (Å²) in [5.74, 6) is 0. The number of nitrogens with one attached hydrogen (secondary N) is 1. The quantitative estimate of drug-likeness (QED) is 0.628. The van der Waals surface area contributed by atoms with Gasteiger partial charge >= 0.3 is 0 Å². The maximum atomic E-state index is 5.98. The average Bonchev–Trinajstić information content (AvgIpc) is 2.67. The molecule has 0 amide bonds. The molecule has 2 nitrogen and oxygen atoms in total. The van der Waals surface area contributed by atoms with E-state index in [2.05, 4.69) is 29.2 Å². The van der Waals surface area contributed by atoms with E-state index in [1.165, 1.54) is 22.2 Å². The van der Waals surface area contributed by atoms with E-state index in [4.69, 9.17) is 5.73 Å². The highest BCUT2D eigenvalue weighted by molar-refractivity contribution is 5.85. The molecule has 1 aromatic carbocycles. The highest BCUT2D eigenvalue weighted by atomic mass is 14.8. The first-order chi connectivity index (χ1) is 6.36. The second-order valence-corrected chi connectivity index (χ2v) is 3.71. The number of hydrogen-bond acceptors (Lipinski definition) is 1. The fourth-order valence-electron chi connectivity index (χ4n) is 2.25. The van der Waals surface area contributed by atoms with Crippen LogP contribution in [0.5, 0.6) is 0 Å². The summed E-state index contributed by atoms with van der Waals surface area (Å²) in [5.41, 5.74) is 9.89. The first kappa shape index (κ1) is 7.15. The zero-order valence-corrected chi connectivity index (χ0v) is 7.38. The lowest BCUT2D eigenvalue weighted by molar-refractivity contribution is 0.699. The summed E-state index contributed by atoms with van der Waals surface area (Å²) < 4.78 is 0. The summed E-state index contributed by atoms with van der Waals surface area (Å²) in [6.07, 6.45) is 2.21. The van der Waals surface area contributed by atoms with Crippen molar-refractivity contribution in [2.75, 3.05) is 0 Å². The third-order valence-electron chi connectivity index (χ3n) is 2.92. The van der Waals surface area contributed by atoms with Crippen LogP contribution in [0.3, 0.4) is 0 Å². The van der Waals surface area contributed by atoms with E-state index in [-0.39, 0.29) is 6.04 Å². The molecule has 1 aliphatic rings. The largest absolute Gasteiger partial charge is 0.357 e. The van der Waals surface area contributed by atoms with Gasteiger partial charge in [0.15, 0.2) is 0 Å². The molecule has 13 heavy (non-hydrogen) atoms. The molecule has 0 spiro atoms. The minimum Gasteiger partial charge on any atom is -0.357 e. The molecule has 2 aromatic rings. The Morgan fingerprint density at radius 3 is 3.08 bits per heavy atom. The Morgan fingerprint density at radius 2 is 2.15 bits per heavy atom. The topological polar surface area (TPSA) is 41.8 Å². The van der Waals surface area contributed by atoms with Crippen molar-refractivity contribution in [3.63, 3.8) is 0 Å². The van der Waals surface area contributed by atoms with E-state index < -0.39 is 0 Å². The van der Waals surface area contributed by atoms with Crippen molar-refractivity contribution in [3.05, 3.63) is 35.5 Å². The molecule has 3 rings (SSSR count). The van der Waals surface area contributed by atoms with Crippen molar-refractivity contribution in [1.29, 1.82) is 0 Å². The summed E-state index contributed by atoms with van der Waals surface area (Å²) in [4.78, 5) is 3.40. The van der Waals surface area contributed by atoms with Crippen molar-refractivity contribution in [2.24, 2.45) is 5.73 Å². The van der Waals surface area contributed by atoms with E-state index in [1.807, 2.05) is 0 Å².